The third-order valence-corrected chi connectivity index (χ3v) is 4.03. The number of hydrogen-bond acceptors (Lipinski definition) is 2. The number of benzene rings is 2. The molecule has 5 heteroatoms. The van der Waals surface area contributed by atoms with Gasteiger partial charge in [-0.1, -0.05) is 39.1 Å². The minimum absolute atomic E-state index is 0.00407. The average molecular weight is 375 g/mol. The molecule has 0 spiro atoms. The number of ether oxygens (including phenoxy) is 1. The predicted octanol–water partition coefficient (Wildman–Crippen LogP) is 5.94. The van der Waals surface area contributed by atoms with Gasteiger partial charge in [-0.15, -0.1) is 0 Å². The number of methoxy groups -OCH3 is 1. The molecular formula is C15H14BrCl2NO. The lowest BCUT2D eigenvalue weighted by Crippen LogP contribution is -2.08. The van der Waals surface area contributed by atoms with Crippen LogP contribution in [0.4, 0.5) is 5.69 Å². The summed E-state index contributed by atoms with van der Waals surface area (Å²) in [6.45, 7) is 2.03. The van der Waals surface area contributed by atoms with Gasteiger partial charge in [0.15, 0.2) is 0 Å². The fourth-order valence-electron chi connectivity index (χ4n) is 1.95. The molecule has 0 aliphatic rings. The van der Waals surface area contributed by atoms with Crippen molar-refractivity contribution < 1.29 is 4.74 Å². The van der Waals surface area contributed by atoms with Gasteiger partial charge in [-0.05, 0) is 48.9 Å². The third kappa shape index (κ3) is 3.60. The van der Waals surface area contributed by atoms with E-state index in [-0.39, 0.29) is 6.04 Å². The lowest BCUT2D eigenvalue weighted by molar-refractivity contribution is 0.416. The topological polar surface area (TPSA) is 21.3 Å². The van der Waals surface area contributed by atoms with Gasteiger partial charge in [0.05, 0.1) is 18.8 Å². The van der Waals surface area contributed by atoms with E-state index in [2.05, 4.69) is 21.2 Å². The largest absolute Gasteiger partial charge is 0.495 e. The summed E-state index contributed by atoms with van der Waals surface area (Å²) in [5, 5.41) is 4.74. The molecule has 20 heavy (non-hydrogen) atoms. The summed E-state index contributed by atoms with van der Waals surface area (Å²) in [5.74, 6) is 0.776. The molecule has 0 aliphatic heterocycles. The number of hydrogen-bond donors (Lipinski definition) is 1. The van der Waals surface area contributed by atoms with Crippen LogP contribution in [0.1, 0.15) is 18.5 Å². The van der Waals surface area contributed by atoms with E-state index in [4.69, 9.17) is 27.9 Å². The van der Waals surface area contributed by atoms with Crippen molar-refractivity contribution in [2.24, 2.45) is 0 Å². The highest BCUT2D eigenvalue weighted by Gasteiger charge is 2.13. The number of halogens is 3. The SMILES string of the molecule is COc1ccc(Br)cc1NC(C)c1cc(Cl)ccc1Cl. The van der Waals surface area contributed by atoms with Crippen LogP contribution in [0.25, 0.3) is 0 Å². The summed E-state index contributed by atoms with van der Waals surface area (Å²) in [4.78, 5) is 0. The fraction of sp³-hybridized carbons (Fsp3) is 0.200. The van der Waals surface area contributed by atoms with Crippen molar-refractivity contribution in [2.75, 3.05) is 12.4 Å². The lowest BCUT2D eigenvalue weighted by atomic mass is 10.1. The maximum atomic E-state index is 6.22. The van der Waals surface area contributed by atoms with Crippen LogP contribution in [0.5, 0.6) is 5.75 Å². The minimum Gasteiger partial charge on any atom is -0.495 e. The first-order chi connectivity index (χ1) is 9.51. The van der Waals surface area contributed by atoms with Crippen LogP contribution in [0.15, 0.2) is 40.9 Å². The molecule has 2 aromatic carbocycles. The van der Waals surface area contributed by atoms with E-state index in [1.165, 1.54) is 0 Å². The van der Waals surface area contributed by atoms with Crippen LogP contribution in [-0.4, -0.2) is 7.11 Å². The zero-order valence-corrected chi connectivity index (χ0v) is 14.2. The van der Waals surface area contributed by atoms with Crippen LogP contribution >= 0.6 is 39.1 Å². The maximum Gasteiger partial charge on any atom is 0.142 e. The van der Waals surface area contributed by atoms with E-state index >= 15 is 0 Å². The molecule has 106 valence electrons. The first kappa shape index (κ1) is 15.5. The Bertz CT molecular complexity index is 619. The van der Waals surface area contributed by atoms with Gasteiger partial charge in [-0.2, -0.15) is 0 Å². The highest BCUT2D eigenvalue weighted by Crippen LogP contribution is 2.33. The van der Waals surface area contributed by atoms with E-state index in [9.17, 15) is 0 Å². The van der Waals surface area contributed by atoms with Crippen molar-refractivity contribution in [3.8, 4) is 5.75 Å². The van der Waals surface area contributed by atoms with Gasteiger partial charge in [0.25, 0.3) is 0 Å². The summed E-state index contributed by atoms with van der Waals surface area (Å²) in [5.41, 5.74) is 1.84. The van der Waals surface area contributed by atoms with E-state index in [1.807, 2.05) is 31.2 Å². The van der Waals surface area contributed by atoms with Crippen LogP contribution in [0.3, 0.4) is 0 Å². The Hall–Kier alpha value is -0.900. The Kier molecular flexibility index (Phi) is 5.19. The molecule has 0 saturated heterocycles. The second-order valence-electron chi connectivity index (χ2n) is 4.38. The van der Waals surface area contributed by atoms with Crippen molar-refractivity contribution in [2.45, 2.75) is 13.0 Å². The molecule has 0 radical (unpaired) electrons. The molecule has 1 atom stereocenters. The molecule has 1 N–H and O–H groups in total. The van der Waals surface area contributed by atoms with Crippen molar-refractivity contribution in [1.82, 2.24) is 0 Å². The second kappa shape index (κ2) is 6.70. The van der Waals surface area contributed by atoms with Crippen molar-refractivity contribution in [3.63, 3.8) is 0 Å². The molecule has 0 heterocycles. The molecule has 0 fully saturated rings. The zero-order chi connectivity index (χ0) is 14.7. The summed E-state index contributed by atoms with van der Waals surface area (Å²) >= 11 is 15.7. The molecule has 2 nitrogen and oxygen atoms in total. The van der Waals surface area contributed by atoms with Gasteiger partial charge >= 0.3 is 0 Å². The van der Waals surface area contributed by atoms with E-state index < -0.39 is 0 Å². The Morgan fingerprint density at radius 2 is 1.90 bits per heavy atom. The van der Waals surface area contributed by atoms with Crippen LogP contribution in [0.2, 0.25) is 10.0 Å². The summed E-state index contributed by atoms with van der Waals surface area (Å²) < 4.78 is 6.33. The maximum absolute atomic E-state index is 6.22. The summed E-state index contributed by atoms with van der Waals surface area (Å²) in [6, 6.07) is 11.2. The van der Waals surface area contributed by atoms with Gasteiger partial charge in [0.2, 0.25) is 0 Å². The molecule has 2 rings (SSSR count). The average Bonchev–Trinajstić information content (AvgIpc) is 2.41. The normalized spacial score (nSPS) is 12.1. The Morgan fingerprint density at radius 3 is 2.60 bits per heavy atom. The summed E-state index contributed by atoms with van der Waals surface area (Å²) in [7, 11) is 1.64. The van der Waals surface area contributed by atoms with Crippen molar-refractivity contribution in [1.29, 1.82) is 0 Å². The van der Waals surface area contributed by atoms with Gasteiger partial charge in [0.1, 0.15) is 5.75 Å². The van der Waals surface area contributed by atoms with Crippen molar-refractivity contribution >= 4 is 44.8 Å². The molecule has 0 aromatic heterocycles. The van der Waals surface area contributed by atoms with Gasteiger partial charge in [-0.3, -0.25) is 0 Å². The molecule has 0 bridgehead atoms. The fourth-order valence-corrected chi connectivity index (χ4v) is 2.77. The third-order valence-electron chi connectivity index (χ3n) is 2.96. The van der Waals surface area contributed by atoms with Gasteiger partial charge < -0.3 is 10.1 Å². The van der Waals surface area contributed by atoms with Gasteiger partial charge in [-0.25, -0.2) is 0 Å². The minimum atomic E-state index is 0.00407. The first-order valence-electron chi connectivity index (χ1n) is 6.06. The smallest absolute Gasteiger partial charge is 0.142 e. The molecular weight excluding hydrogens is 361 g/mol. The highest BCUT2D eigenvalue weighted by molar-refractivity contribution is 9.10. The number of anilines is 1. The Balaban J connectivity index is 2.29. The first-order valence-corrected chi connectivity index (χ1v) is 7.61. The standard InChI is InChI=1S/C15H14BrCl2NO/c1-9(12-8-11(17)4-5-13(12)18)19-14-7-10(16)3-6-15(14)20-2/h3-9,19H,1-2H3. The predicted molar refractivity (Wildman–Crippen MR) is 89.2 cm³/mol. The molecule has 0 saturated carbocycles. The van der Waals surface area contributed by atoms with E-state index in [0.717, 1.165) is 21.5 Å². The number of rotatable bonds is 4. The molecule has 1 unspecified atom stereocenters. The molecule has 2 aromatic rings. The number of nitrogens with one attached hydrogen (secondary N) is 1. The zero-order valence-electron chi connectivity index (χ0n) is 11.1. The van der Waals surface area contributed by atoms with E-state index in [0.29, 0.717) is 10.0 Å². The monoisotopic (exact) mass is 373 g/mol. The molecule has 0 amide bonds. The Morgan fingerprint density at radius 1 is 1.15 bits per heavy atom. The highest BCUT2D eigenvalue weighted by atomic mass is 79.9. The van der Waals surface area contributed by atoms with Crippen LogP contribution < -0.4 is 10.1 Å². The van der Waals surface area contributed by atoms with Gasteiger partial charge in [0, 0.05) is 14.5 Å². The van der Waals surface area contributed by atoms with Crippen LogP contribution in [0, 0.1) is 0 Å². The van der Waals surface area contributed by atoms with Crippen LogP contribution in [-0.2, 0) is 0 Å². The lowest BCUT2D eigenvalue weighted by Gasteiger charge is -2.19. The second-order valence-corrected chi connectivity index (χ2v) is 6.14. The quantitative estimate of drug-likeness (QED) is 0.715. The summed E-state index contributed by atoms with van der Waals surface area (Å²) in [6.07, 6.45) is 0. The molecule has 0 aliphatic carbocycles. The Labute approximate surface area is 137 Å². The van der Waals surface area contributed by atoms with Crippen molar-refractivity contribution in [3.05, 3.63) is 56.5 Å². The van der Waals surface area contributed by atoms with E-state index in [1.54, 1.807) is 19.2 Å².